The summed E-state index contributed by atoms with van der Waals surface area (Å²) in [4.78, 5) is 11.0. The maximum atomic E-state index is 12.4. The number of carbonyl (C=O) groups excluding carboxylic acids is 1. The number of anilines is 2. The molecule has 1 amide bonds. The van der Waals surface area contributed by atoms with E-state index >= 15 is 0 Å². The third-order valence-electron chi connectivity index (χ3n) is 3.12. The number of aliphatic hydroxyl groups excluding tert-OH is 1. The van der Waals surface area contributed by atoms with Crippen LogP contribution >= 0.6 is 0 Å². The van der Waals surface area contributed by atoms with Crippen molar-refractivity contribution in [1.82, 2.24) is 0 Å². The van der Waals surface area contributed by atoms with Crippen LogP contribution in [0.15, 0.2) is 47.4 Å². The van der Waals surface area contributed by atoms with Crippen molar-refractivity contribution in [1.29, 1.82) is 0 Å². The Balaban J connectivity index is 2.26. The molecule has 7 nitrogen and oxygen atoms in total. The topological polar surface area (TPSA) is 105 Å². The Morgan fingerprint density at radius 3 is 2.33 bits per heavy atom. The first-order chi connectivity index (χ1) is 11.3. The van der Waals surface area contributed by atoms with Crippen molar-refractivity contribution in [2.45, 2.75) is 18.4 Å². The van der Waals surface area contributed by atoms with Crippen LogP contribution in [0.1, 0.15) is 12.5 Å². The van der Waals surface area contributed by atoms with Crippen LogP contribution in [0.2, 0.25) is 0 Å². The molecule has 0 aliphatic carbocycles. The van der Waals surface area contributed by atoms with Gasteiger partial charge < -0.3 is 15.2 Å². The van der Waals surface area contributed by atoms with Crippen LogP contribution in [0.4, 0.5) is 11.4 Å². The number of carbonyl (C=O) groups is 1. The van der Waals surface area contributed by atoms with Crippen LogP contribution < -0.4 is 14.8 Å². The van der Waals surface area contributed by atoms with Gasteiger partial charge in [0.05, 0.1) is 24.3 Å². The maximum Gasteiger partial charge on any atom is 0.261 e. The van der Waals surface area contributed by atoms with Crippen LogP contribution in [-0.2, 0) is 21.4 Å². The lowest BCUT2D eigenvalue weighted by atomic mass is 10.2. The first-order valence-corrected chi connectivity index (χ1v) is 8.51. The summed E-state index contributed by atoms with van der Waals surface area (Å²) in [5.41, 5.74) is 1.31. The Morgan fingerprint density at radius 2 is 1.79 bits per heavy atom. The molecule has 0 unspecified atom stereocenters. The van der Waals surface area contributed by atoms with E-state index in [4.69, 9.17) is 4.74 Å². The molecule has 0 heterocycles. The lowest BCUT2D eigenvalue weighted by Gasteiger charge is -2.11. The van der Waals surface area contributed by atoms with Crippen LogP contribution in [0.25, 0.3) is 0 Å². The molecular formula is C16H18N2O5S. The van der Waals surface area contributed by atoms with Crippen LogP contribution in [-0.4, -0.2) is 26.5 Å². The van der Waals surface area contributed by atoms with Gasteiger partial charge in [-0.25, -0.2) is 8.42 Å². The zero-order chi connectivity index (χ0) is 17.7. The summed E-state index contributed by atoms with van der Waals surface area (Å²) in [5, 5.41) is 11.8. The fourth-order valence-corrected chi connectivity index (χ4v) is 3.10. The molecule has 0 aromatic heterocycles. The van der Waals surface area contributed by atoms with Gasteiger partial charge in [-0.15, -0.1) is 0 Å². The van der Waals surface area contributed by atoms with E-state index in [0.717, 1.165) is 0 Å². The molecule has 0 radical (unpaired) electrons. The lowest BCUT2D eigenvalue weighted by Crippen LogP contribution is -2.13. The molecule has 128 valence electrons. The van der Waals surface area contributed by atoms with E-state index in [1.54, 1.807) is 6.07 Å². The molecule has 0 aliphatic rings. The number of sulfonamides is 1. The summed E-state index contributed by atoms with van der Waals surface area (Å²) >= 11 is 0. The summed E-state index contributed by atoms with van der Waals surface area (Å²) < 4.78 is 32.4. The van der Waals surface area contributed by atoms with E-state index in [2.05, 4.69) is 10.0 Å². The number of rotatable bonds is 6. The molecule has 2 aromatic carbocycles. The molecular weight excluding hydrogens is 332 g/mol. The molecule has 24 heavy (non-hydrogen) atoms. The SMILES string of the molecule is COc1cc(CO)cc(NS(=O)(=O)c2ccc(NC(C)=O)cc2)c1. The van der Waals surface area contributed by atoms with Gasteiger partial charge >= 0.3 is 0 Å². The highest BCUT2D eigenvalue weighted by Crippen LogP contribution is 2.24. The van der Waals surface area contributed by atoms with Crippen LogP contribution in [0.5, 0.6) is 5.75 Å². The minimum Gasteiger partial charge on any atom is -0.497 e. The summed E-state index contributed by atoms with van der Waals surface area (Å²) in [6.45, 7) is 1.13. The van der Waals surface area contributed by atoms with E-state index in [-0.39, 0.29) is 23.1 Å². The van der Waals surface area contributed by atoms with Gasteiger partial charge in [0.25, 0.3) is 10.0 Å². The van der Waals surface area contributed by atoms with Gasteiger partial charge in [0.15, 0.2) is 0 Å². The molecule has 8 heteroatoms. The smallest absolute Gasteiger partial charge is 0.261 e. The Hall–Kier alpha value is -2.58. The molecule has 0 saturated carbocycles. The van der Waals surface area contributed by atoms with Crippen LogP contribution in [0.3, 0.4) is 0 Å². The normalized spacial score (nSPS) is 11.0. The number of hydrogen-bond donors (Lipinski definition) is 3. The van der Waals surface area contributed by atoms with Crippen LogP contribution in [0, 0.1) is 0 Å². The molecule has 0 aliphatic heterocycles. The molecule has 3 N–H and O–H groups in total. The lowest BCUT2D eigenvalue weighted by molar-refractivity contribution is -0.114. The first kappa shape index (κ1) is 17.8. The van der Waals surface area contributed by atoms with E-state index in [1.165, 1.54) is 50.4 Å². The van der Waals surface area contributed by atoms with Gasteiger partial charge in [0, 0.05) is 18.7 Å². The fourth-order valence-electron chi connectivity index (χ4n) is 2.06. The van der Waals surface area contributed by atoms with Crippen molar-refractivity contribution in [3.05, 3.63) is 48.0 Å². The molecule has 0 fully saturated rings. The second kappa shape index (κ2) is 7.33. The monoisotopic (exact) mass is 350 g/mol. The summed E-state index contributed by atoms with van der Waals surface area (Å²) in [7, 11) is -2.35. The quantitative estimate of drug-likeness (QED) is 0.738. The third kappa shape index (κ3) is 4.46. The number of nitrogens with one attached hydrogen (secondary N) is 2. The summed E-state index contributed by atoms with van der Waals surface area (Å²) in [5.74, 6) is 0.192. The summed E-state index contributed by atoms with van der Waals surface area (Å²) in [6.07, 6.45) is 0. The van der Waals surface area contributed by atoms with Gasteiger partial charge in [0.1, 0.15) is 5.75 Å². The zero-order valence-corrected chi connectivity index (χ0v) is 14.1. The average molecular weight is 350 g/mol. The second-order valence-corrected chi connectivity index (χ2v) is 6.72. The largest absolute Gasteiger partial charge is 0.497 e. The van der Waals surface area contributed by atoms with E-state index in [9.17, 15) is 18.3 Å². The third-order valence-corrected chi connectivity index (χ3v) is 4.52. The highest BCUT2D eigenvalue weighted by molar-refractivity contribution is 7.92. The molecule has 0 bridgehead atoms. The fraction of sp³-hybridized carbons (Fsp3) is 0.188. The Bertz CT molecular complexity index is 810. The van der Waals surface area contributed by atoms with Crippen molar-refractivity contribution < 1.29 is 23.1 Å². The minimum atomic E-state index is -3.81. The number of ether oxygens (including phenoxy) is 1. The number of benzene rings is 2. The number of amides is 1. The van der Waals surface area contributed by atoms with Crippen molar-refractivity contribution >= 4 is 27.3 Å². The van der Waals surface area contributed by atoms with Gasteiger partial charge in [-0.05, 0) is 42.0 Å². The molecule has 0 spiro atoms. The van der Waals surface area contributed by atoms with Crippen molar-refractivity contribution in [3.8, 4) is 5.75 Å². The Morgan fingerprint density at radius 1 is 1.12 bits per heavy atom. The Labute approximate surface area is 140 Å². The summed E-state index contributed by atoms with van der Waals surface area (Å²) in [6, 6.07) is 10.4. The average Bonchev–Trinajstić information content (AvgIpc) is 2.54. The highest BCUT2D eigenvalue weighted by Gasteiger charge is 2.15. The van der Waals surface area contributed by atoms with E-state index < -0.39 is 10.0 Å². The second-order valence-electron chi connectivity index (χ2n) is 5.04. The van der Waals surface area contributed by atoms with Crippen molar-refractivity contribution in [3.63, 3.8) is 0 Å². The highest BCUT2D eigenvalue weighted by atomic mass is 32.2. The van der Waals surface area contributed by atoms with Gasteiger partial charge in [0.2, 0.25) is 5.91 Å². The zero-order valence-electron chi connectivity index (χ0n) is 13.2. The molecule has 0 saturated heterocycles. The molecule has 2 aromatic rings. The number of aliphatic hydroxyl groups is 1. The predicted molar refractivity (Wildman–Crippen MR) is 90.5 cm³/mol. The first-order valence-electron chi connectivity index (χ1n) is 7.03. The maximum absolute atomic E-state index is 12.4. The number of hydrogen-bond acceptors (Lipinski definition) is 5. The predicted octanol–water partition coefficient (Wildman–Crippen LogP) is 1.95. The molecule has 0 atom stereocenters. The van der Waals surface area contributed by atoms with Crippen molar-refractivity contribution in [2.75, 3.05) is 17.1 Å². The van der Waals surface area contributed by atoms with Gasteiger partial charge in [-0.2, -0.15) is 0 Å². The van der Waals surface area contributed by atoms with Gasteiger partial charge in [-0.1, -0.05) is 0 Å². The minimum absolute atomic E-state index is 0.0463. The standard InChI is InChI=1S/C16H18N2O5S/c1-11(20)17-13-3-5-16(6-4-13)24(21,22)18-14-7-12(10-19)8-15(9-14)23-2/h3-9,18-19H,10H2,1-2H3,(H,17,20). The van der Waals surface area contributed by atoms with Crippen molar-refractivity contribution in [2.24, 2.45) is 0 Å². The molecule has 2 rings (SSSR count). The number of methoxy groups -OCH3 is 1. The van der Waals surface area contributed by atoms with E-state index in [0.29, 0.717) is 17.0 Å². The Kier molecular flexibility index (Phi) is 5.42. The van der Waals surface area contributed by atoms with Gasteiger partial charge in [-0.3, -0.25) is 9.52 Å². The van der Waals surface area contributed by atoms with E-state index in [1.807, 2.05) is 0 Å².